The van der Waals surface area contributed by atoms with Crippen LogP contribution in [0.3, 0.4) is 0 Å². The summed E-state index contributed by atoms with van der Waals surface area (Å²) in [6.07, 6.45) is -7.17. The van der Waals surface area contributed by atoms with Crippen LogP contribution in [0.15, 0.2) is 12.1 Å². The third-order valence-electron chi connectivity index (χ3n) is 5.98. The summed E-state index contributed by atoms with van der Waals surface area (Å²) in [5.41, 5.74) is 1.60. The molecule has 0 aliphatic carbocycles. The van der Waals surface area contributed by atoms with Crippen molar-refractivity contribution in [2.75, 3.05) is 5.75 Å². The standard InChI is InChI=1S/C20H20B3F3O7S2/c21-5-9-3-10(6-22)17(11(4-9)7-23)33-19(28)16-13-2-1-12(34-13)15(16)18(27)32-14(20(24,25)26)8-35(29,30)31/h3-4,12-16H,1-2,5-8H2,(H,29,30,31). The number of alkyl halides is 3. The van der Waals surface area contributed by atoms with E-state index in [1.165, 1.54) is 11.8 Å². The summed E-state index contributed by atoms with van der Waals surface area (Å²) < 4.78 is 80.8. The van der Waals surface area contributed by atoms with E-state index in [4.69, 9.17) is 32.8 Å². The lowest BCUT2D eigenvalue weighted by molar-refractivity contribution is -0.218. The molecule has 0 amide bonds. The average Bonchev–Trinajstić information content (AvgIpc) is 3.38. The molecule has 2 saturated heterocycles. The number of esters is 2. The fourth-order valence-corrected chi connectivity index (χ4v) is 6.96. The monoisotopic (exact) mass is 526 g/mol. The molecule has 1 aromatic carbocycles. The molecule has 6 radical (unpaired) electrons. The highest BCUT2D eigenvalue weighted by Gasteiger charge is 2.58. The Morgan fingerprint density at radius 2 is 1.54 bits per heavy atom. The largest absolute Gasteiger partial charge is 0.451 e. The SMILES string of the molecule is [B]Cc1cc(C[B])c(OC(=O)C2C3CCC(S3)C2C(=O)OC(CS(=O)(=O)O)C(F)(F)F)c(C[B])c1. The van der Waals surface area contributed by atoms with Crippen molar-refractivity contribution < 1.29 is 45.2 Å². The predicted molar refractivity (Wildman–Crippen MR) is 124 cm³/mol. The summed E-state index contributed by atoms with van der Waals surface area (Å²) >= 11 is 1.27. The van der Waals surface area contributed by atoms with Crippen molar-refractivity contribution >= 4 is 57.4 Å². The molecule has 0 aromatic heterocycles. The van der Waals surface area contributed by atoms with Crippen LogP contribution in [0.1, 0.15) is 29.5 Å². The number of thioether (sulfide) groups is 1. The van der Waals surface area contributed by atoms with Crippen molar-refractivity contribution in [1.29, 1.82) is 0 Å². The molecule has 0 saturated carbocycles. The van der Waals surface area contributed by atoms with Crippen LogP contribution in [0.25, 0.3) is 0 Å². The molecule has 2 bridgehead atoms. The number of hydrogen-bond donors (Lipinski definition) is 1. The summed E-state index contributed by atoms with van der Waals surface area (Å²) in [6, 6.07) is 3.29. The van der Waals surface area contributed by atoms with Crippen molar-refractivity contribution in [1.82, 2.24) is 0 Å². The van der Waals surface area contributed by atoms with E-state index in [-0.39, 0.29) is 24.7 Å². The topological polar surface area (TPSA) is 107 Å². The molecule has 2 heterocycles. The van der Waals surface area contributed by atoms with E-state index >= 15 is 0 Å². The van der Waals surface area contributed by atoms with Gasteiger partial charge in [0.2, 0.25) is 6.10 Å². The summed E-state index contributed by atoms with van der Waals surface area (Å²) in [6.45, 7) is 0. The van der Waals surface area contributed by atoms with Gasteiger partial charge in [-0.1, -0.05) is 36.7 Å². The molecule has 2 aliphatic heterocycles. The first kappa shape index (κ1) is 28.0. The van der Waals surface area contributed by atoms with Crippen LogP contribution in [0.4, 0.5) is 13.2 Å². The number of carbonyl (C=O) groups is 2. The second-order valence-electron chi connectivity index (χ2n) is 8.33. The number of ether oxygens (including phenoxy) is 2. The quantitative estimate of drug-likeness (QED) is 0.224. The maximum atomic E-state index is 13.3. The van der Waals surface area contributed by atoms with E-state index in [1.54, 1.807) is 12.1 Å². The number of hydrogen-bond acceptors (Lipinski definition) is 7. The van der Waals surface area contributed by atoms with Crippen LogP contribution in [-0.2, 0) is 43.4 Å². The van der Waals surface area contributed by atoms with Crippen LogP contribution in [0.2, 0.25) is 0 Å². The minimum Gasteiger partial charge on any atom is -0.451 e. The van der Waals surface area contributed by atoms with Crippen molar-refractivity contribution in [3.8, 4) is 5.75 Å². The molecular weight excluding hydrogens is 506 g/mol. The van der Waals surface area contributed by atoms with Crippen LogP contribution in [0, 0.1) is 11.8 Å². The van der Waals surface area contributed by atoms with Gasteiger partial charge in [0, 0.05) is 10.5 Å². The fourth-order valence-electron chi connectivity index (χ4n) is 4.43. The van der Waals surface area contributed by atoms with E-state index in [1.807, 2.05) is 0 Å². The molecule has 1 aromatic rings. The van der Waals surface area contributed by atoms with E-state index in [2.05, 4.69) is 4.74 Å². The Bertz CT molecular complexity index is 1060. The molecule has 2 fully saturated rings. The normalized spacial score (nSPS) is 24.8. The Labute approximate surface area is 209 Å². The summed E-state index contributed by atoms with van der Waals surface area (Å²) in [5, 5.41) is -0.908. The van der Waals surface area contributed by atoms with Gasteiger partial charge in [0.05, 0.1) is 35.4 Å². The number of rotatable bonds is 9. The first-order valence-corrected chi connectivity index (χ1v) is 13.2. The second-order valence-corrected chi connectivity index (χ2v) is 11.3. The summed E-state index contributed by atoms with van der Waals surface area (Å²) in [5.74, 6) is -6.39. The van der Waals surface area contributed by atoms with E-state index in [9.17, 15) is 31.2 Å². The van der Waals surface area contributed by atoms with Crippen molar-refractivity contribution in [3.63, 3.8) is 0 Å². The lowest BCUT2D eigenvalue weighted by atomic mass is 9.79. The van der Waals surface area contributed by atoms with Gasteiger partial charge in [0.1, 0.15) is 11.5 Å². The van der Waals surface area contributed by atoms with Gasteiger partial charge < -0.3 is 9.47 Å². The van der Waals surface area contributed by atoms with Gasteiger partial charge in [-0.15, -0.1) is 0 Å². The highest BCUT2D eigenvalue weighted by atomic mass is 32.2. The van der Waals surface area contributed by atoms with E-state index in [0.717, 1.165) is 0 Å². The molecule has 7 nitrogen and oxygen atoms in total. The first-order valence-electron chi connectivity index (χ1n) is 10.6. The van der Waals surface area contributed by atoms with Gasteiger partial charge in [-0.2, -0.15) is 33.4 Å². The molecular formula is C20H20B3F3O7S2. The smallest absolute Gasteiger partial charge is 0.426 e. The summed E-state index contributed by atoms with van der Waals surface area (Å²) in [4.78, 5) is 26.0. The highest BCUT2D eigenvalue weighted by Crippen LogP contribution is 2.54. The van der Waals surface area contributed by atoms with Gasteiger partial charge in [0.25, 0.3) is 10.1 Å². The molecule has 35 heavy (non-hydrogen) atoms. The van der Waals surface area contributed by atoms with Gasteiger partial charge in [-0.3, -0.25) is 14.1 Å². The fraction of sp³-hybridized carbons (Fsp3) is 0.600. The number of fused-ring (bicyclic) bond motifs is 2. The molecule has 184 valence electrons. The molecule has 5 atom stereocenters. The summed E-state index contributed by atoms with van der Waals surface area (Å²) in [7, 11) is 12.1. The Morgan fingerprint density at radius 3 is 1.97 bits per heavy atom. The highest BCUT2D eigenvalue weighted by molar-refractivity contribution is 8.01. The maximum absolute atomic E-state index is 13.3. The number of benzene rings is 1. The molecule has 2 aliphatic rings. The number of halogens is 3. The van der Waals surface area contributed by atoms with Crippen LogP contribution < -0.4 is 4.74 Å². The molecule has 15 heteroatoms. The predicted octanol–water partition coefficient (Wildman–Crippen LogP) is 1.47. The molecule has 5 unspecified atom stereocenters. The Kier molecular flexibility index (Phi) is 8.63. The third kappa shape index (κ3) is 6.40. The molecule has 1 N–H and O–H groups in total. The zero-order valence-corrected chi connectivity index (χ0v) is 20.0. The second kappa shape index (κ2) is 10.8. The van der Waals surface area contributed by atoms with E-state index < -0.39 is 62.4 Å². The van der Waals surface area contributed by atoms with Gasteiger partial charge >= 0.3 is 18.1 Å². The lowest BCUT2D eigenvalue weighted by Gasteiger charge is -2.29. The van der Waals surface area contributed by atoms with Crippen molar-refractivity contribution in [2.45, 2.75) is 54.6 Å². The third-order valence-corrected chi connectivity index (χ3v) is 8.46. The van der Waals surface area contributed by atoms with Crippen LogP contribution in [-0.4, -0.2) is 77.0 Å². The average molecular weight is 526 g/mol. The van der Waals surface area contributed by atoms with Crippen molar-refractivity contribution in [3.05, 3.63) is 28.8 Å². The Hall–Kier alpha value is -1.60. The van der Waals surface area contributed by atoms with Crippen LogP contribution >= 0.6 is 11.8 Å². The maximum Gasteiger partial charge on any atom is 0.426 e. The van der Waals surface area contributed by atoms with Gasteiger partial charge in [0.15, 0.2) is 0 Å². The Morgan fingerprint density at radius 1 is 1.03 bits per heavy atom. The Balaban J connectivity index is 1.87. The first-order chi connectivity index (χ1) is 16.3. The van der Waals surface area contributed by atoms with Gasteiger partial charge in [-0.05, 0) is 24.0 Å². The van der Waals surface area contributed by atoms with Crippen molar-refractivity contribution in [2.24, 2.45) is 11.8 Å². The number of carbonyl (C=O) groups excluding carboxylic acids is 2. The minimum absolute atomic E-state index is 0.0106. The molecule has 3 rings (SSSR count). The zero-order chi connectivity index (χ0) is 26.1. The molecule has 0 spiro atoms. The van der Waals surface area contributed by atoms with Crippen LogP contribution in [0.5, 0.6) is 5.75 Å². The minimum atomic E-state index is -5.25. The lowest BCUT2D eigenvalue weighted by Crippen LogP contribution is -2.46. The van der Waals surface area contributed by atoms with Gasteiger partial charge in [-0.25, -0.2) is 0 Å². The zero-order valence-electron chi connectivity index (χ0n) is 18.4. The van der Waals surface area contributed by atoms with E-state index in [0.29, 0.717) is 29.5 Å².